The van der Waals surface area contributed by atoms with E-state index in [-0.39, 0.29) is 6.04 Å². The third kappa shape index (κ3) is 3.20. The fourth-order valence-electron chi connectivity index (χ4n) is 1.57. The van der Waals surface area contributed by atoms with Gasteiger partial charge in [-0.3, -0.25) is 0 Å². The Morgan fingerprint density at radius 1 is 1.47 bits per heavy atom. The molecule has 1 aromatic rings. The van der Waals surface area contributed by atoms with Crippen LogP contribution in [0.25, 0.3) is 0 Å². The highest BCUT2D eigenvalue weighted by molar-refractivity contribution is 6.31. The van der Waals surface area contributed by atoms with Gasteiger partial charge < -0.3 is 10.4 Å². The van der Waals surface area contributed by atoms with Gasteiger partial charge in [0.25, 0.3) is 0 Å². The summed E-state index contributed by atoms with van der Waals surface area (Å²) in [5.74, 6) is 0. The van der Waals surface area contributed by atoms with Gasteiger partial charge in [-0.15, -0.1) is 0 Å². The molecule has 1 aromatic carbocycles. The summed E-state index contributed by atoms with van der Waals surface area (Å²) < 4.78 is 0. The zero-order valence-corrected chi connectivity index (χ0v) is 10.2. The SMILES string of the molecule is CCNC(C)C(O)c1ccc(Cl)c(C)c1. The lowest BCUT2D eigenvalue weighted by atomic mass is 10.0. The fourth-order valence-corrected chi connectivity index (χ4v) is 1.69. The monoisotopic (exact) mass is 227 g/mol. The van der Waals surface area contributed by atoms with E-state index in [2.05, 4.69) is 5.32 Å². The summed E-state index contributed by atoms with van der Waals surface area (Å²) >= 11 is 5.93. The number of aliphatic hydroxyl groups excluding tert-OH is 1. The predicted octanol–water partition coefficient (Wildman–Crippen LogP) is 2.68. The zero-order valence-electron chi connectivity index (χ0n) is 9.42. The van der Waals surface area contributed by atoms with Crippen LogP contribution < -0.4 is 5.32 Å². The first-order chi connectivity index (χ1) is 7.06. The van der Waals surface area contributed by atoms with Crippen molar-refractivity contribution in [2.45, 2.75) is 32.9 Å². The maximum Gasteiger partial charge on any atom is 0.0940 e. The summed E-state index contributed by atoms with van der Waals surface area (Å²) in [6, 6.07) is 5.68. The summed E-state index contributed by atoms with van der Waals surface area (Å²) in [5.41, 5.74) is 1.90. The molecular formula is C12H18ClNO. The Bertz CT molecular complexity index is 327. The molecule has 2 N–H and O–H groups in total. The highest BCUT2D eigenvalue weighted by Crippen LogP contribution is 2.22. The van der Waals surface area contributed by atoms with Gasteiger partial charge in [-0.2, -0.15) is 0 Å². The highest BCUT2D eigenvalue weighted by atomic mass is 35.5. The molecule has 2 atom stereocenters. The normalized spacial score (nSPS) is 15.0. The molecule has 1 rings (SSSR count). The van der Waals surface area contributed by atoms with Gasteiger partial charge in [0.05, 0.1) is 6.10 Å². The van der Waals surface area contributed by atoms with Crippen molar-refractivity contribution in [1.29, 1.82) is 0 Å². The van der Waals surface area contributed by atoms with Gasteiger partial charge in [-0.1, -0.05) is 30.7 Å². The summed E-state index contributed by atoms with van der Waals surface area (Å²) in [4.78, 5) is 0. The van der Waals surface area contributed by atoms with Crippen molar-refractivity contribution in [3.63, 3.8) is 0 Å². The van der Waals surface area contributed by atoms with Crippen LogP contribution in [0.4, 0.5) is 0 Å². The van der Waals surface area contributed by atoms with Crippen LogP contribution in [0, 0.1) is 6.92 Å². The standard InChI is InChI=1S/C12H18ClNO/c1-4-14-9(3)12(15)10-5-6-11(13)8(2)7-10/h5-7,9,12,14-15H,4H2,1-3H3. The van der Waals surface area contributed by atoms with Crippen LogP contribution in [0.2, 0.25) is 5.02 Å². The number of aliphatic hydroxyl groups is 1. The Labute approximate surface area is 96.3 Å². The van der Waals surface area contributed by atoms with E-state index in [0.717, 1.165) is 22.7 Å². The molecule has 0 aliphatic heterocycles. The van der Waals surface area contributed by atoms with E-state index in [0.29, 0.717) is 0 Å². The smallest absolute Gasteiger partial charge is 0.0940 e. The molecule has 3 heteroatoms. The fraction of sp³-hybridized carbons (Fsp3) is 0.500. The molecule has 0 aliphatic carbocycles. The van der Waals surface area contributed by atoms with Crippen molar-refractivity contribution in [3.05, 3.63) is 34.3 Å². The average molecular weight is 228 g/mol. The topological polar surface area (TPSA) is 32.3 Å². The third-order valence-electron chi connectivity index (χ3n) is 2.52. The van der Waals surface area contributed by atoms with E-state index in [1.54, 1.807) is 0 Å². The Balaban J connectivity index is 2.81. The Morgan fingerprint density at radius 2 is 2.13 bits per heavy atom. The summed E-state index contributed by atoms with van der Waals surface area (Å²) in [5, 5.41) is 14.0. The second-order valence-corrected chi connectivity index (χ2v) is 4.21. The number of likely N-dealkylation sites (N-methyl/N-ethyl adjacent to an activating group) is 1. The third-order valence-corrected chi connectivity index (χ3v) is 2.95. The molecule has 2 unspecified atom stereocenters. The van der Waals surface area contributed by atoms with E-state index >= 15 is 0 Å². The highest BCUT2D eigenvalue weighted by Gasteiger charge is 2.15. The average Bonchev–Trinajstić information content (AvgIpc) is 2.21. The molecule has 15 heavy (non-hydrogen) atoms. The minimum absolute atomic E-state index is 0.0515. The number of halogens is 1. The van der Waals surface area contributed by atoms with E-state index < -0.39 is 6.10 Å². The molecule has 0 heterocycles. The van der Waals surface area contributed by atoms with Crippen LogP contribution in [-0.2, 0) is 0 Å². The Kier molecular flexibility index (Phi) is 4.58. The van der Waals surface area contributed by atoms with Crippen LogP contribution in [0.1, 0.15) is 31.1 Å². The largest absolute Gasteiger partial charge is 0.387 e. The first-order valence-corrected chi connectivity index (χ1v) is 5.61. The molecule has 0 saturated heterocycles. The molecule has 0 aliphatic rings. The quantitative estimate of drug-likeness (QED) is 0.829. The number of hydrogen-bond donors (Lipinski definition) is 2. The van der Waals surface area contributed by atoms with Crippen LogP contribution in [-0.4, -0.2) is 17.7 Å². The molecule has 0 saturated carbocycles. The minimum Gasteiger partial charge on any atom is -0.387 e. The lowest BCUT2D eigenvalue weighted by Gasteiger charge is -2.20. The molecule has 0 amide bonds. The van der Waals surface area contributed by atoms with Crippen molar-refractivity contribution in [2.24, 2.45) is 0 Å². The summed E-state index contributed by atoms with van der Waals surface area (Å²) in [6.45, 7) is 6.79. The van der Waals surface area contributed by atoms with E-state index in [9.17, 15) is 5.11 Å². The van der Waals surface area contributed by atoms with Gasteiger partial charge in [-0.05, 0) is 37.6 Å². The maximum atomic E-state index is 10.0. The van der Waals surface area contributed by atoms with Crippen LogP contribution in [0.5, 0.6) is 0 Å². The Hall–Kier alpha value is -0.570. The van der Waals surface area contributed by atoms with Crippen LogP contribution in [0.3, 0.4) is 0 Å². The number of hydrogen-bond acceptors (Lipinski definition) is 2. The lowest BCUT2D eigenvalue weighted by Crippen LogP contribution is -2.31. The molecule has 0 fully saturated rings. The predicted molar refractivity (Wildman–Crippen MR) is 64.3 cm³/mol. The van der Waals surface area contributed by atoms with E-state index in [1.807, 2.05) is 39.0 Å². The molecule has 0 aromatic heterocycles. The lowest BCUT2D eigenvalue weighted by molar-refractivity contribution is 0.137. The number of benzene rings is 1. The van der Waals surface area contributed by atoms with Crippen molar-refractivity contribution < 1.29 is 5.11 Å². The maximum absolute atomic E-state index is 10.0. The van der Waals surface area contributed by atoms with Gasteiger partial charge in [-0.25, -0.2) is 0 Å². The first-order valence-electron chi connectivity index (χ1n) is 5.23. The molecule has 0 spiro atoms. The number of aryl methyl sites for hydroxylation is 1. The van der Waals surface area contributed by atoms with Crippen molar-refractivity contribution in [3.8, 4) is 0 Å². The van der Waals surface area contributed by atoms with E-state index in [1.165, 1.54) is 0 Å². The van der Waals surface area contributed by atoms with Gasteiger partial charge in [0.2, 0.25) is 0 Å². The van der Waals surface area contributed by atoms with Crippen molar-refractivity contribution in [1.82, 2.24) is 5.32 Å². The number of nitrogens with one attached hydrogen (secondary N) is 1. The second kappa shape index (κ2) is 5.50. The minimum atomic E-state index is -0.485. The van der Waals surface area contributed by atoms with Crippen molar-refractivity contribution >= 4 is 11.6 Å². The van der Waals surface area contributed by atoms with E-state index in [4.69, 9.17) is 11.6 Å². The van der Waals surface area contributed by atoms with Gasteiger partial charge in [0.1, 0.15) is 0 Å². The van der Waals surface area contributed by atoms with Gasteiger partial charge >= 0.3 is 0 Å². The summed E-state index contributed by atoms with van der Waals surface area (Å²) in [7, 11) is 0. The Morgan fingerprint density at radius 3 is 2.67 bits per heavy atom. The molecule has 0 radical (unpaired) electrons. The van der Waals surface area contributed by atoms with Gasteiger partial charge in [0, 0.05) is 11.1 Å². The van der Waals surface area contributed by atoms with Crippen LogP contribution in [0.15, 0.2) is 18.2 Å². The van der Waals surface area contributed by atoms with Gasteiger partial charge in [0.15, 0.2) is 0 Å². The molecule has 2 nitrogen and oxygen atoms in total. The molecule has 84 valence electrons. The zero-order chi connectivity index (χ0) is 11.4. The summed E-state index contributed by atoms with van der Waals surface area (Å²) in [6.07, 6.45) is -0.485. The van der Waals surface area contributed by atoms with Crippen molar-refractivity contribution in [2.75, 3.05) is 6.54 Å². The molecular weight excluding hydrogens is 210 g/mol. The number of rotatable bonds is 4. The molecule has 0 bridgehead atoms. The first kappa shape index (κ1) is 12.5. The van der Waals surface area contributed by atoms with Crippen LogP contribution >= 0.6 is 11.6 Å². The second-order valence-electron chi connectivity index (χ2n) is 3.80.